The van der Waals surface area contributed by atoms with Crippen LogP contribution in [0.1, 0.15) is 51.2 Å². The first-order chi connectivity index (χ1) is 16.0. The lowest BCUT2D eigenvalue weighted by Crippen LogP contribution is -2.53. The minimum Gasteiger partial charge on any atom is -0.444 e. The molecule has 0 bridgehead atoms. The Morgan fingerprint density at radius 1 is 1.24 bits per heavy atom. The van der Waals surface area contributed by atoms with Crippen LogP contribution in [0.5, 0.6) is 0 Å². The highest BCUT2D eigenvalue weighted by Gasteiger charge is 2.39. The van der Waals surface area contributed by atoms with Crippen molar-refractivity contribution in [3.05, 3.63) is 46.6 Å². The van der Waals surface area contributed by atoms with Crippen LogP contribution in [-0.2, 0) is 11.3 Å². The highest BCUT2D eigenvalue weighted by atomic mass is 35.5. The first-order valence-corrected chi connectivity index (χ1v) is 11.8. The van der Waals surface area contributed by atoms with E-state index in [1.807, 2.05) is 20.8 Å². The second-order valence-corrected chi connectivity index (χ2v) is 10.0. The highest BCUT2D eigenvalue weighted by molar-refractivity contribution is 6.28. The summed E-state index contributed by atoms with van der Waals surface area (Å²) in [6.07, 6.45) is 3.07. The largest absolute Gasteiger partial charge is 0.444 e. The summed E-state index contributed by atoms with van der Waals surface area (Å²) >= 11 is 6.09. The van der Waals surface area contributed by atoms with Crippen LogP contribution in [0.4, 0.5) is 25.5 Å². The van der Waals surface area contributed by atoms with Gasteiger partial charge in [0.25, 0.3) is 0 Å². The van der Waals surface area contributed by atoms with Crippen molar-refractivity contribution >= 4 is 35.2 Å². The molecule has 0 radical (unpaired) electrons. The van der Waals surface area contributed by atoms with Gasteiger partial charge in [0.05, 0.1) is 12.2 Å². The van der Waals surface area contributed by atoms with E-state index in [9.17, 15) is 14.0 Å². The molecule has 34 heavy (non-hydrogen) atoms. The number of fused-ring (bicyclic) bond motifs is 1. The fraction of sp³-hybridized carbons (Fsp3) is 0.500. The molecule has 0 unspecified atom stereocenters. The first-order valence-electron chi connectivity index (χ1n) is 11.4. The Balaban J connectivity index is 1.65. The number of ether oxygens (including phenoxy) is 1. The van der Waals surface area contributed by atoms with Crippen LogP contribution in [0.25, 0.3) is 0 Å². The number of urea groups is 1. The Kier molecular flexibility index (Phi) is 6.66. The fourth-order valence-electron chi connectivity index (χ4n) is 4.47. The molecule has 8 nitrogen and oxygen atoms in total. The molecule has 10 heteroatoms. The Morgan fingerprint density at radius 2 is 2.00 bits per heavy atom. The highest BCUT2D eigenvalue weighted by Crippen LogP contribution is 2.36. The van der Waals surface area contributed by atoms with Crippen LogP contribution in [0.15, 0.2) is 24.4 Å². The molecule has 3 heterocycles. The van der Waals surface area contributed by atoms with Crippen molar-refractivity contribution in [1.82, 2.24) is 14.9 Å². The number of rotatable bonds is 2. The van der Waals surface area contributed by atoms with E-state index in [0.717, 1.165) is 0 Å². The first kappa shape index (κ1) is 24.2. The van der Waals surface area contributed by atoms with E-state index in [1.54, 1.807) is 35.1 Å². The Bertz CT molecular complexity index is 1090. The molecule has 0 spiro atoms. The minimum atomic E-state index is -0.587. The summed E-state index contributed by atoms with van der Waals surface area (Å²) in [5.74, 6) is -0.0328. The molecular weight excluding hydrogens is 461 g/mol. The number of anilines is 2. The summed E-state index contributed by atoms with van der Waals surface area (Å²) in [6, 6.07) is 4.12. The lowest BCUT2D eigenvalue weighted by atomic mass is 10.0. The second-order valence-electron chi connectivity index (χ2n) is 9.68. The molecule has 2 aliphatic rings. The minimum absolute atomic E-state index is 0.0380. The van der Waals surface area contributed by atoms with Gasteiger partial charge in [-0.05, 0) is 70.2 Å². The number of likely N-dealkylation sites (tertiary alicyclic amines) is 1. The molecule has 0 saturated carbocycles. The fourth-order valence-corrected chi connectivity index (χ4v) is 4.60. The number of aryl methyl sites for hydroxylation is 1. The van der Waals surface area contributed by atoms with Gasteiger partial charge in [0.1, 0.15) is 17.2 Å². The maximum atomic E-state index is 14.8. The normalized spacial score (nSPS) is 19.1. The molecule has 3 amide bonds. The summed E-state index contributed by atoms with van der Waals surface area (Å²) in [6.45, 7) is 8.36. The van der Waals surface area contributed by atoms with Gasteiger partial charge in [-0.15, -0.1) is 0 Å². The van der Waals surface area contributed by atoms with Crippen molar-refractivity contribution in [2.24, 2.45) is 0 Å². The predicted octanol–water partition coefficient (Wildman–Crippen LogP) is 5.31. The van der Waals surface area contributed by atoms with Crippen molar-refractivity contribution in [1.29, 1.82) is 0 Å². The second kappa shape index (κ2) is 9.37. The van der Waals surface area contributed by atoms with Gasteiger partial charge in [0.2, 0.25) is 5.28 Å². The number of para-hydroxylation sites is 1. The van der Waals surface area contributed by atoms with Gasteiger partial charge in [0.15, 0.2) is 0 Å². The zero-order valence-corrected chi connectivity index (χ0v) is 20.6. The maximum Gasteiger partial charge on any atom is 0.410 e. The molecule has 1 aromatic heterocycles. The summed E-state index contributed by atoms with van der Waals surface area (Å²) in [4.78, 5) is 39.5. The number of carbonyl (C=O) groups is 2. The van der Waals surface area contributed by atoms with Crippen molar-refractivity contribution < 1.29 is 18.7 Å². The van der Waals surface area contributed by atoms with Crippen molar-refractivity contribution in [3.8, 4) is 0 Å². The van der Waals surface area contributed by atoms with E-state index in [2.05, 4.69) is 9.97 Å². The Hall–Kier alpha value is -2.94. The molecule has 1 saturated heterocycles. The predicted molar refractivity (Wildman–Crippen MR) is 128 cm³/mol. The molecule has 2 aromatic rings. The molecule has 0 aliphatic carbocycles. The molecule has 4 rings (SSSR count). The lowest BCUT2D eigenvalue weighted by Gasteiger charge is -2.40. The van der Waals surface area contributed by atoms with Crippen molar-refractivity contribution in [3.63, 3.8) is 0 Å². The number of amides is 3. The SMILES string of the molecule is Cc1cccc(F)c1N1Cc2cnc(Cl)nc2N([C@@H]2CCCN(C(=O)OC(C)(C)C)CC2)C1=O. The molecule has 1 fully saturated rings. The summed E-state index contributed by atoms with van der Waals surface area (Å²) in [5.41, 5.74) is 0.988. The number of carbonyl (C=O) groups excluding carboxylic acids is 2. The number of hydrogen-bond donors (Lipinski definition) is 0. The number of halogens is 2. The van der Waals surface area contributed by atoms with E-state index in [1.165, 1.54) is 11.0 Å². The van der Waals surface area contributed by atoms with Gasteiger partial charge in [-0.25, -0.2) is 19.0 Å². The number of hydrogen-bond acceptors (Lipinski definition) is 5. The van der Waals surface area contributed by atoms with Crippen LogP contribution in [0.2, 0.25) is 5.28 Å². The quantitative estimate of drug-likeness (QED) is 0.534. The van der Waals surface area contributed by atoms with E-state index < -0.39 is 11.4 Å². The van der Waals surface area contributed by atoms with Gasteiger partial charge in [-0.3, -0.25) is 9.80 Å². The van der Waals surface area contributed by atoms with Crippen LogP contribution < -0.4 is 9.80 Å². The number of aromatic nitrogens is 2. The standard InChI is InChI=1S/C24H29ClFN5O3/c1-15-7-5-9-18(26)19(15)30-14-16-13-27-21(25)28-20(16)31(22(30)32)17-8-6-11-29(12-10-17)23(33)34-24(2,3)4/h5,7,9,13,17H,6,8,10-12,14H2,1-4H3/t17-/m1/s1. The smallest absolute Gasteiger partial charge is 0.410 e. The Morgan fingerprint density at radius 3 is 2.71 bits per heavy atom. The third-order valence-electron chi connectivity index (χ3n) is 5.98. The maximum absolute atomic E-state index is 14.8. The van der Waals surface area contributed by atoms with E-state index in [0.29, 0.717) is 49.3 Å². The molecule has 0 N–H and O–H groups in total. The monoisotopic (exact) mass is 489 g/mol. The van der Waals surface area contributed by atoms with Gasteiger partial charge in [-0.2, -0.15) is 4.98 Å². The van der Waals surface area contributed by atoms with Crippen LogP contribution in [0.3, 0.4) is 0 Å². The summed E-state index contributed by atoms with van der Waals surface area (Å²) in [7, 11) is 0. The molecular formula is C24H29ClFN5O3. The van der Waals surface area contributed by atoms with Crippen LogP contribution in [-0.4, -0.2) is 51.7 Å². The zero-order chi connectivity index (χ0) is 24.6. The molecule has 1 atom stereocenters. The van der Waals surface area contributed by atoms with Gasteiger partial charge >= 0.3 is 12.1 Å². The van der Waals surface area contributed by atoms with E-state index in [-0.39, 0.29) is 35.7 Å². The summed E-state index contributed by atoms with van der Waals surface area (Å²) < 4.78 is 20.4. The van der Waals surface area contributed by atoms with Gasteiger partial charge in [-0.1, -0.05) is 12.1 Å². The summed E-state index contributed by atoms with van der Waals surface area (Å²) in [5, 5.41) is 0.0380. The third kappa shape index (κ3) is 4.94. The molecule has 1 aromatic carbocycles. The van der Waals surface area contributed by atoms with Gasteiger partial charge in [0, 0.05) is 30.9 Å². The van der Waals surface area contributed by atoms with E-state index in [4.69, 9.17) is 16.3 Å². The van der Waals surface area contributed by atoms with Crippen molar-refractivity contribution in [2.45, 2.75) is 65.1 Å². The van der Waals surface area contributed by atoms with Gasteiger partial charge < -0.3 is 9.64 Å². The van der Waals surface area contributed by atoms with Crippen LogP contribution in [0, 0.1) is 12.7 Å². The molecule has 182 valence electrons. The average Bonchev–Trinajstić information content (AvgIpc) is 2.99. The third-order valence-corrected chi connectivity index (χ3v) is 6.16. The number of benzene rings is 1. The number of nitrogens with zero attached hydrogens (tertiary/aromatic N) is 5. The average molecular weight is 490 g/mol. The topological polar surface area (TPSA) is 78.9 Å². The Labute approximate surface area is 203 Å². The van der Waals surface area contributed by atoms with Crippen LogP contribution >= 0.6 is 11.6 Å². The van der Waals surface area contributed by atoms with E-state index >= 15 is 0 Å². The molecule has 2 aliphatic heterocycles. The lowest BCUT2D eigenvalue weighted by molar-refractivity contribution is 0.0256. The zero-order valence-electron chi connectivity index (χ0n) is 19.8. The van der Waals surface area contributed by atoms with Crippen molar-refractivity contribution in [2.75, 3.05) is 22.9 Å².